The summed E-state index contributed by atoms with van der Waals surface area (Å²) in [5.41, 5.74) is 0.606. The normalized spacial score (nSPS) is 10.1. The maximum absolute atomic E-state index is 12.9. The summed E-state index contributed by atoms with van der Waals surface area (Å²) in [6.07, 6.45) is 1.59. The smallest absolute Gasteiger partial charge is 0.229 e. The van der Waals surface area contributed by atoms with Crippen molar-refractivity contribution in [3.05, 3.63) is 59.0 Å². The number of halogens is 2. The second kappa shape index (κ2) is 5.60. The molecule has 1 N–H and O–H groups in total. The predicted octanol–water partition coefficient (Wildman–Crippen LogP) is 3.06. The van der Waals surface area contributed by atoms with Crippen LogP contribution in [0.3, 0.4) is 0 Å². The topological polar surface area (TPSA) is 42.0 Å². The number of anilines is 1. The van der Waals surface area contributed by atoms with E-state index in [0.717, 1.165) is 0 Å². The summed E-state index contributed by atoms with van der Waals surface area (Å²) in [4.78, 5) is 15.6. The van der Waals surface area contributed by atoms with E-state index in [2.05, 4.69) is 10.3 Å². The zero-order chi connectivity index (χ0) is 13.0. The van der Waals surface area contributed by atoms with Gasteiger partial charge in [-0.15, -0.1) is 0 Å². The van der Waals surface area contributed by atoms with E-state index in [-0.39, 0.29) is 18.1 Å². The maximum Gasteiger partial charge on any atom is 0.229 e. The van der Waals surface area contributed by atoms with Crippen LogP contribution in [0.4, 0.5) is 10.2 Å². The minimum Gasteiger partial charge on any atom is -0.310 e. The molecule has 0 aliphatic carbocycles. The molecule has 0 saturated heterocycles. The zero-order valence-corrected chi connectivity index (χ0v) is 10.1. The van der Waals surface area contributed by atoms with Gasteiger partial charge in [-0.25, -0.2) is 9.37 Å². The summed E-state index contributed by atoms with van der Waals surface area (Å²) in [5, 5.41) is 3.09. The molecule has 1 amide bonds. The Kier molecular flexibility index (Phi) is 3.89. The van der Waals surface area contributed by atoms with Crippen molar-refractivity contribution in [1.82, 2.24) is 4.98 Å². The van der Waals surface area contributed by atoms with Crippen molar-refractivity contribution in [2.75, 3.05) is 5.32 Å². The van der Waals surface area contributed by atoms with E-state index in [1.165, 1.54) is 18.3 Å². The van der Waals surface area contributed by atoms with E-state index in [1.807, 2.05) is 0 Å². The number of carbonyl (C=O) groups excluding carboxylic acids is 1. The molecule has 1 aromatic carbocycles. The van der Waals surface area contributed by atoms with E-state index in [9.17, 15) is 9.18 Å². The van der Waals surface area contributed by atoms with Crippen molar-refractivity contribution in [1.29, 1.82) is 0 Å². The summed E-state index contributed by atoms with van der Waals surface area (Å²) in [7, 11) is 0. The third-order valence-electron chi connectivity index (χ3n) is 2.24. The van der Waals surface area contributed by atoms with Gasteiger partial charge >= 0.3 is 0 Å². The second-order valence-electron chi connectivity index (χ2n) is 3.71. The minimum absolute atomic E-state index is 0.0892. The van der Waals surface area contributed by atoms with Crippen LogP contribution in [0.15, 0.2) is 42.6 Å². The van der Waals surface area contributed by atoms with Crippen LogP contribution in [0.5, 0.6) is 0 Å². The first-order valence-electron chi connectivity index (χ1n) is 5.29. The Labute approximate surface area is 109 Å². The molecule has 1 heterocycles. The fourth-order valence-corrected chi connectivity index (χ4v) is 1.65. The Hall–Kier alpha value is -1.94. The zero-order valence-electron chi connectivity index (χ0n) is 9.36. The van der Waals surface area contributed by atoms with Crippen LogP contribution < -0.4 is 5.32 Å². The van der Waals surface area contributed by atoms with Gasteiger partial charge in [0.1, 0.15) is 11.6 Å². The molecule has 0 unspecified atom stereocenters. The molecule has 0 radical (unpaired) electrons. The highest BCUT2D eigenvalue weighted by atomic mass is 35.5. The summed E-state index contributed by atoms with van der Waals surface area (Å²) in [6, 6.07) is 9.07. The quantitative estimate of drug-likeness (QED) is 0.926. The molecule has 0 fully saturated rings. The van der Waals surface area contributed by atoms with E-state index in [4.69, 9.17) is 11.6 Å². The van der Waals surface area contributed by atoms with E-state index < -0.39 is 0 Å². The molecule has 0 spiro atoms. The standard InChI is InChI=1S/C13H10ClFN2O/c14-10-4-5-16-12(8-10)17-13(18)7-9-2-1-3-11(15)6-9/h1-6,8H,7H2,(H,16,17,18). The average molecular weight is 265 g/mol. The summed E-state index contributed by atoms with van der Waals surface area (Å²) in [5.74, 6) is -0.250. The van der Waals surface area contributed by atoms with Gasteiger partial charge in [0.05, 0.1) is 6.42 Å². The number of hydrogen-bond donors (Lipinski definition) is 1. The number of aromatic nitrogens is 1. The number of nitrogens with zero attached hydrogens (tertiary/aromatic N) is 1. The molecule has 1 aromatic heterocycles. The van der Waals surface area contributed by atoms with Crippen LogP contribution in [-0.2, 0) is 11.2 Å². The van der Waals surface area contributed by atoms with E-state index >= 15 is 0 Å². The SMILES string of the molecule is O=C(Cc1cccc(F)c1)Nc1cc(Cl)ccn1. The maximum atomic E-state index is 12.9. The molecule has 0 atom stereocenters. The number of nitrogens with one attached hydrogen (secondary N) is 1. The van der Waals surface area contributed by atoms with Gasteiger partial charge in [0.25, 0.3) is 0 Å². The second-order valence-corrected chi connectivity index (χ2v) is 4.15. The fourth-order valence-electron chi connectivity index (χ4n) is 1.49. The van der Waals surface area contributed by atoms with Gasteiger partial charge in [0.15, 0.2) is 0 Å². The van der Waals surface area contributed by atoms with Crippen molar-refractivity contribution in [3.63, 3.8) is 0 Å². The lowest BCUT2D eigenvalue weighted by molar-refractivity contribution is -0.115. The summed E-state index contributed by atoms with van der Waals surface area (Å²) < 4.78 is 12.9. The fraction of sp³-hybridized carbons (Fsp3) is 0.0769. The largest absolute Gasteiger partial charge is 0.310 e. The van der Waals surface area contributed by atoms with Crippen LogP contribution in [-0.4, -0.2) is 10.9 Å². The molecule has 0 bridgehead atoms. The van der Waals surface area contributed by atoms with Crippen molar-refractivity contribution in [3.8, 4) is 0 Å². The molecular formula is C13H10ClFN2O. The molecule has 0 aliphatic heterocycles. The highest BCUT2D eigenvalue weighted by Crippen LogP contribution is 2.12. The molecule has 0 saturated carbocycles. The Morgan fingerprint density at radius 3 is 2.89 bits per heavy atom. The highest BCUT2D eigenvalue weighted by Gasteiger charge is 2.05. The third-order valence-corrected chi connectivity index (χ3v) is 2.48. The van der Waals surface area contributed by atoms with Crippen molar-refractivity contribution >= 4 is 23.3 Å². The van der Waals surface area contributed by atoms with Crippen LogP contribution in [0.2, 0.25) is 5.02 Å². The number of rotatable bonds is 3. The van der Waals surface area contributed by atoms with Gasteiger partial charge in [-0.2, -0.15) is 0 Å². The third kappa shape index (κ3) is 3.53. The average Bonchev–Trinajstić information content (AvgIpc) is 2.28. The van der Waals surface area contributed by atoms with E-state index in [1.54, 1.807) is 24.3 Å². The Morgan fingerprint density at radius 2 is 2.17 bits per heavy atom. The summed E-state index contributed by atoms with van der Waals surface area (Å²) in [6.45, 7) is 0. The van der Waals surface area contributed by atoms with Gasteiger partial charge in [-0.05, 0) is 29.8 Å². The van der Waals surface area contributed by atoms with Crippen molar-refractivity contribution in [2.24, 2.45) is 0 Å². The molecule has 5 heteroatoms. The Morgan fingerprint density at radius 1 is 1.33 bits per heavy atom. The van der Waals surface area contributed by atoms with Crippen LogP contribution in [0.25, 0.3) is 0 Å². The first-order chi connectivity index (χ1) is 8.63. The first-order valence-corrected chi connectivity index (χ1v) is 5.67. The molecular weight excluding hydrogens is 255 g/mol. The van der Waals surface area contributed by atoms with Gasteiger partial charge in [-0.1, -0.05) is 23.7 Å². The molecule has 0 aliphatic rings. The van der Waals surface area contributed by atoms with Gasteiger partial charge < -0.3 is 5.32 Å². The van der Waals surface area contributed by atoms with Crippen LogP contribution >= 0.6 is 11.6 Å². The van der Waals surface area contributed by atoms with Crippen molar-refractivity contribution in [2.45, 2.75) is 6.42 Å². The highest BCUT2D eigenvalue weighted by molar-refractivity contribution is 6.30. The van der Waals surface area contributed by atoms with Gasteiger partial charge in [-0.3, -0.25) is 4.79 Å². The molecule has 3 nitrogen and oxygen atoms in total. The number of benzene rings is 1. The minimum atomic E-state index is -0.360. The molecule has 2 rings (SSSR count). The Bertz CT molecular complexity index is 525. The van der Waals surface area contributed by atoms with Crippen molar-refractivity contribution < 1.29 is 9.18 Å². The van der Waals surface area contributed by atoms with Gasteiger partial charge in [0.2, 0.25) is 5.91 Å². The molecule has 2 aromatic rings. The monoisotopic (exact) mass is 264 g/mol. The number of amides is 1. The van der Waals surface area contributed by atoms with Crippen LogP contribution in [0, 0.1) is 5.82 Å². The lowest BCUT2D eigenvalue weighted by Crippen LogP contribution is -2.15. The lowest BCUT2D eigenvalue weighted by atomic mass is 10.1. The number of hydrogen-bond acceptors (Lipinski definition) is 2. The first kappa shape index (κ1) is 12.5. The summed E-state index contributed by atoms with van der Waals surface area (Å²) >= 11 is 5.77. The van der Waals surface area contributed by atoms with Crippen LogP contribution in [0.1, 0.15) is 5.56 Å². The Balaban J connectivity index is 2.01. The molecule has 18 heavy (non-hydrogen) atoms. The predicted molar refractivity (Wildman–Crippen MR) is 68.0 cm³/mol. The number of pyridine rings is 1. The van der Waals surface area contributed by atoms with Gasteiger partial charge in [0, 0.05) is 11.2 Å². The molecule has 92 valence electrons. The number of carbonyl (C=O) groups is 1. The van der Waals surface area contributed by atoms with E-state index in [0.29, 0.717) is 16.4 Å². The lowest BCUT2D eigenvalue weighted by Gasteiger charge is -2.04.